The minimum absolute atomic E-state index is 0.0191. The Morgan fingerprint density at radius 2 is 1.96 bits per heavy atom. The van der Waals surface area contributed by atoms with E-state index in [2.05, 4.69) is 5.32 Å². The number of nitrogens with one attached hydrogen (secondary N) is 1. The molecule has 0 aromatic heterocycles. The number of hydrogen-bond donors (Lipinski definition) is 2. The summed E-state index contributed by atoms with van der Waals surface area (Å²) in [5.74, 6) is -2.10. The molecule has 2 fully saturated rings. The van der Waals surface area contributed by atoms with Gasteiger partial charge in [-0.2, -0.15) is 0 Å². The number of anilines is 1. The van der Waals surface area contributed by atoms with Gasteiger partial charge < -0.3 is 16.0 Å². The molecule has 2 aliphatic rings. The van der Waals surface area contributed by atoms with E-state index < -0.39 is 23.5 Å². The van der Waals surface area contributed by atoms with Crippen molar-refractivity contribution in [3.63, 3.8) is 0 Å². The van der Waals surface area contributed by atoms with Crippen LogP contribution in [-0.4, -0.2) is 30.3 Å². The maximum atomic E-state index is 14.5. The van der Waals surface area contributed by atoms with Gasteiger partial charge in [0.25, 0.3) is 5.91 Å². The molecular formula is C19H24FN3O3. The molecule has 2 atom stereocenters. The molecule has 1 aromatic carbocycles. The lowest BCUT2D eigenvalue weighted by Crippen LogP contribution is -2.42. The van der Waals surface area contributed by atoms with Gasteiger partial charge in [-0.3, -0.25) is 14.4 Å². The SMILES string of the molecule is NC(=O)C1CCCC1NC(=O)c1ccc(N2CCCCCC2=O)cc1F. The normalized spacial score (nSPS) is 23.6. The molecule has 0 radical (unpaired) electrons. The molecule has 7 heteroatoms. The molecule has 1 saturated carbocycles. The molecule has 3 rings (SSSR count). The third-order valence-electron chi connectivity index (χ3n) is 5.28. The van der Waals surface area contributed by atoms with Crippen molar-refractivity contribution in [1.82, 2.24) is 5.32 Å². The van der Waals surface area contributed by atoms with Gasteiger partial charge in [0.2, 0.25) is 11.8 Å². The molecule has 1 aromatic rings. The average molecular weight is 361 g/mol. The Bertz CT molecular complexity index is 722. The number of benzene rings is 1. The van der Waals surface area contributed by atoms with E-state index in [1.165, 1.54) is 12.1 Å². The number of primary amides is 1. The molecule has 1 aliphatic carbocycles. The Labute approximate surface area is 151 Å². The number of rotatable bonds is 4. The lowest BCUT2D eigenvalue weighted by molar-refractivity contribution is -0.122. The predicted molar refractivity (Wildman–Crippen MR) is 95.0 cm³/mol. The summed E-state index contributed by atoms with van der Waals surface area (Å²) in [5, 5.41) is 2.72. The highest BCUT2D eigenvalue weighted by Gasteiger charge is 2.33. The molecule has 140 valence electrons. The number of hydrogen-bond acceptors (Lipinski definition) is 3. The Hall–Kier alpha value is -2.44. The van der Waals surface area contributed by atoms with Gasteiger partial charge in [-0.1, -0.05) is 12.8 Å². The highest BCUT2D eigenvalue weighted by Crippen LogP contribution is 2.27. The molecule has 3 amide bonds. The van der Waals surface area contributed by atoms with Gasteiger partial charge >= 0.3 is 0 Å². The maximum Gasteiger partial charge on any atom is 0.254 e. The lowest BCUT2D eigenvalue weighted by Gasteiger charge is -2.22. The fourth-order valence-electron chi connectivity index (χ4n) is 3.83. The van der Waals surface area contributed by atoms with Crippen molar-refractivity contribution in [2.24, 2.45) is 11.7 Å². The van der Waals surface area contributed by atoms with Crippen molar-refractivity contribution < 1.29 is 18.8 Å². The van der Waals surface area contributed by atoms with Crippen LogP contribution in [0.1, 0.15) is 55.3 Å². The zero-order chi connectivity index (χ0) is 18.7. The van der Waals surface area contributed by atoms with Gasteiger partial charge in [0.05, 0.1) is 11.5 Å². The van der Waals surface area contributed by atoms with Crippen LogP contribution in [0.2, 0.25) is 0 Å². The van der Waals surface area contributed by atoms with Crippen molar-refractivity contribution in [1.29, 1.82) is 0 Å². The third-order valence-corrected chi connectivity index (χ3v) is 5.28. The van der Waals surface area contributed by atoms with Gasteiger partial charge in [0, 0.05) is 24.7 Å². The van der Waals surface area contributed by atoms with E-state index in [0.717, 1.165) is 25.7 Å². The van der Waals surface area contributed by atoms with Crippen molar-refractivity contribution in [3.8, 4) is 0 Å². The van der Waals surface area contributed by atoms with Crippen molar-refractivity contribution in [3.05, 3.63) is 29.6 Å². The standard InChI is InChI=1S/C19H24FN3O3/c20-15-11-12(23-10-3-1-2-7-17(23)24)8-9-13(15)19(26)22-16-6-4-5-14(16)18(21)25/h8-9,11,14,16H,1-7,10H2,(H2,21,25)(H,22,26). The summed E-state index contributed by atoms with van der Waals surface area (Å²) in [7, 11) is 0. The molecule has 1 saturated heterocycles. The second-order valence-electron chi connectivity index (χ2n) is 7.04. The smallest absolute Gasteiger partial charge is 0.254 e. The summed E-state index contributed by atoms with van der Waals surface area (Å²) in [4.78, 5) is 37.6. The largest absolute Gasteiger partial charge is 0.369 e. The number of amides is 3. The summed E-state index contributed by atoms with van der Waals surface area (Å²) in [6.07, 6.45) is 5.26. The van der Waals surface area contributed by atoms with Gasteiger partial charge in [-0.15, -0.1) is 0 Å². The second-order valence-corrected chi connectivity index (χ2v) is 7.04. The first-order chi connectivity index (χ1) is 12.5. The first-order valence-corrected chi connectivity index (χ1v) is 9.17. The third kappa shape index (κ3) is 3.86. The van der Waals surface area contributed by atoms with Crippen molar-refractivity contribution in [2.45, 2.75) is 51.0 Å². The number of carbonyl (C=O) groups is 3. The lowest BCUT2D eigenvalue weighted by atomic mass is 10.0. The van der Waals surface area contributed by atoms with Crippen LogP contribution < -0.4 is 16.0 Å². The van der Waals surface area contributed by atoms with Crippen molar-refractivity contribution >= 4 is 23.4 Å². The van der Waals surface area contributed by atoms with Crippen LogP contribution in [0.3, 0.4) is 0 Å². The number of halogens is 1. The van der Waals surface area contributed by atoms with Crippen LogP contribution in [0, 0.1) is 11.7 Å². The highest BCUT2D eigenvalue weighted by atomic mass is 19.1. The van der Waals surface area contributed by atoms with E-state index in [1.807, 2.05) is 0 Å². The highest BCUT2D eigenvalue weighted by molar-refractivity contribution is 5.97. The Balaban J connectivity index is 1.73. The van der Waals surface area contributed by atoms with Crippen LogP contribution in [0.5, 0.6) is 0 Å². The van der Waals surface area contributed by atoms with Gasteiger partial charge in [-0.25, -0.2) is 4.39 Å². The zero-order valence-corrected chi connectivity index (χ0v) is 14.7. The summed E-state index contributed by atoms with van der Waals surface area (Å²) in [5.41, 5.74) is 5.74. The molecule has 2 unspecified atom stereocenters. The molecule has 1 aliphatic heterocycles. The minimum atomic E-state index is -0.675. The zero-order valence-electron chi connectivity index (χ0n) is 14.7. The second kappa shape index (κ2) is 7.85. The van der Waals surface area contributed by atoms with Crippen LogP contribution in [0.15, 0.2) is 18.2 Å². The quantitative estimate of drug-likeness (QED) is 0.860. The summed E-state index contributed by atoms with van der Waals surface area (Å²) < 4.78 is 14.5. The summed E-state index contributed by atoms with van der Waals surface area (Å²) in [6.45, 7) is 0.562. The van der Waals surface area contributed by atoms with Crippen molar-refractivity contribution in [2.75, 3.05) is 11.4 Å². The Morgan fingerprint density at radius 3 is 2.69 bits per heavy atom. The van der Waals surface area contributed by atoms with Crippen LogP contribution in [0.4, 0.5) is 10.1 Å². The van der Waals surface area contributed by atoms with E-state index in [4.69, 9.17) is 5.73 Å². The summed E-state index contributed by atoms with van der Waals surface area (Å²) in [6, 6.07) is 3.87. The molecule has 3 N–H and O–H groups in total. The van der Waals surface area contributed by atoms with E-state index in [1.54, 1.807) is 11.0 Å². The predicted octanol–water partition coefficient (Wildman–Crippen LogP) is 2.12. The number of nitrogens with zero attached hydrogens (tertiary/aromatic N) is 1. The average Bonchev–Trinajstić information content (AvgIpc) is 2.95. The molecule has 0 bridgehead atoms. The number of nitrogens with two attached hydrogens (primary N) is 1. The van der Waals surface area contributed by atoms with E-state index in [-0.39, 0.29) is 17.5 Å². The van der Waals surface area contributed by atoms with Crippen LogP contribution >= 0.6 is 0 Å². The minimum Gasteiger partial charge on any atom is -0.369 e. The topological polar surface area (TPSA) is 92.5 Å². The fraction of sp³-hybridized carbons (Fsp3) is 0.526. The fourth-order valence-corrected chi connectivity index (χ4v) is 3.83. The number of carbonyl (C=O) groups excluding carboxylic acids is 3. The molecule has 6 nitrogen and oxygen atoms in total. The molecule has 1 heterocycles. The Kier molecular flexibility index (Phi) is 5.54. The monoisotopic (exact) mass is 361 g/mol. The van der Waals surface area contributed by atoms with E-state index in [9.17, 15) is 18.8 Å². The summed E-state index contributed by atoms with van der Waals surface area (Å²) >= 11 is 0. The maximum absolute atomic E-state index is 14.5. The van der Waals surface area contributed by atoms with E-state index >= 15 is 0 Å². The van der Waals surface area contributed by atoms with Gasteiger partial charge in [0.1, 0.15) is 5.82 Å². The van der Waals surface area contributed by atoms with Crippen LogP contribution in [0.25, 0.3) is 0 Å². The molecular weight excluding hydrogens is 337 g/mol. The van der Waals surface area contributed by atoms with E-state index in [0.29, 0.717) is 31.5 Å². The first kappa shape index (κ1) is 18.4. The van der Waals surface area contributed by atoms with Gasteiger partial charge in [-0.05, 0) is 43.9 Å². The molecule has 26 heavy (non-hydrogen) atoms. The van der Waals surface area contributed by atoms with Crippen LogP contribution in [-0.2, 0) is 9.59 Å². The first-order valence-electron chi connectivity index (χ1n) is 9.17. The molecule has 0 spiro atoms. The Morgan fingerprint density at radius 1 is 1.15 bits per heavy atom. The van der Waals surface area contributed by atoms with Gasteiger partial charge in [0.15, 0.2) is 0 Å².